The van der Waals surface area contributed by atoms with Gasteiger partial charge < -0.3 is 33.7 Å². The first-order chi connectivity index (χ1) is 27.0. The molecule has 5 heterocycles. The van der Waals surface area contributed by atoms with E-state index < -0.39 is 71.5 Å². The molecular formula is C44H62N4O9. The predicted octanol–water partition coefficient (Wildman–Crippen LogP) is 5.71. The third-order valence-electron chi connectivity index (χ3n) is 12.8. The Labute approximate surface area is 337 Å². The van der Waals surface area contributed by atoms with E-state index >= 15 is 0 Å². The first-order valence-corrected chi connectivity index (χ1v) is 20.6. The minimum absolute atomic E-state index is 0.149. The number of fused-ring (bicyclic) bond motifs is 2. The molecule has 1 N–H and O–H groups in total. The van der Waals surface area contributed by atoms with E-state index in [1.165, 1.54) is 0 Å². The number of nitrogens with zero attached hydrogens (tertiary/aromatic N) is 4. The van der Waals surface area contributed by atoms with Crippen LogP contribution in [0.3, 0.4) is 0 Å². The van der Waals surface area contributed by atoms with Crippen LogP contribution in [0, 0.1) is 23.7 Å². The molecule has 3 fully saturated rings. The summed E-state index contributed by atoms with van der Waals surface area (Å²) in [5, 5.41) is 12.7. The lowest BCUT2D eigenvalue weighted by atomic mass is 9.73. The average molecular weight is 791 g/mol. The normalized spacial score (nSPS) is 38.2. The van der Waals surface area contributed by atoms with Crippen molar-refractivity contribution >= 4 is 40.5 Å². The number of ether oxygens (including phenoxy) is 5. The third-order valence-corrected chi connectivity index (χ3v) is 12.8. The largest absolute Gasteiger partial charge is 0.458 e. The van der Waals surface area contributed by atoms with Crippen molar-refractivity contribution in [3.8, 4) is 0 Å². The molecule has 4 aliphatic heterocycles. The van der Waals surface area contributed by atoms with Gasteiger partial charge in [-0.2, -0.15) is 0 Å². The van der Waals surface area contributed by atoms with Gasteiger partial charge in [0, 0.05) is 41.7 Å². The average Bonchev–Trinajstić information content (AvgIpc) is 3.30. The number of aliphatic hydroxyl groups excluding tert-OH is 1. The highest BCUT2D eigenvalue weighted by molar-refractivity contribution is 6.00. The Morgan fingerprint density at radius 3 is 2.53 bits per heavy atom. The molecule has 3 saturated heterocycles. The number of likely N-dealkylation sites (N-methyl/N-ethyl adjacent to an activating group) is 1. The number of aliphatic imine (C=N–C) groups is 1. The van der Waals surface area contributed by atoms with Crippen molar-refractivity contribution in [3.05, 3.63) is 48.2 Å². The Bertz CT molecular complexity index is 1850. The minimum atomic E-state index is -1.20. The molecule has 2 aromatic rings. The molecule has 13 heteroatoms. The van der Waals surface area contributed by atoms with Crippen molar-refractivity contribution in [1.82, 2.24) is 14.8 Å². The summed E-state index contributed by atoms with van der Waals surface area (Å²) in [5.41, 5.74) is 0.295. The van der Waals surface area contributed by atoms with E-state index in [9.17, 15) is 19.5 Å². The van der Waals surface area contributed by atoms with Gasteiger partial charge in [-0.1, -0.05) is 58.0 Å². The van der Waals surface area contributed by atoms with Crippen LogP contribution in [-0.2, 0) is 33.3 Å². The molecule has 0 saturated carbocycles. The number of amides is 1. The van der Waals surface area contributed by atoms with Gasteiger partial charge in [-0.3, -0.25) is 24.5 Å². The van der Waals surface area contributed by atoms with Gasteiger partial charge in [-0.15, -0.1) is 0 Å². The maximum absolute atomic E-state index is 14.6. The number of Topliss-reactive ketones (excluding diaryl/α,β-unsaturated/α-hetero) is 1. The summed E-state index contributed by atoms with van der Waals surface area (Å²) in [6, 6.07) is 9.24. The number of para-hydroxylation sites is 1. The van der Waals surface area contributed by atoms with E-state index in [0.717, 1.165) is 22.2 Å². The Hall–Kier alpha value is -3.75. The number of rotatable bonds is 8. The van der Waals surface area contributed by atoms with Crippen molar-refractivity contribution in [3.63, 3.8) is 0 Å². The first-order valence-electron chi connectivity index (χ1n) is 20.6. The van der Waals surface area contributed by atoms with E-state index in [-0.39, 0.29) is 30.6 Å². The molecular weight excluding hydrogens is 729 g/mol. The Kier molecular flexibility index (Phi) is 13.0. The van der Waals surface area contributed by atoms with Crippen LogP contribution in [0.4, 0.5) is 4.79 Å². The second-order valence-electron chi connectivity index (χ2n) is 17.3. The van der Waals surface area contributed by atoms with Gasteiger partial charge in [0.2, 0.25) is 0 Å². The molecule has 57 heavy (non-hydrogen) atoms. The molecule has 0 aliphatic carbocycles. The fraction of sp³-hybridized carbons (Fsp3) is 0.659. The SMILES string of the molecule is CC[C@@H]1OC(=O)[C@H](C)C(=O)[C@H](C)[C@@H](O[C@@H]2O[C@H](C)C[C@H](N(C)C)[C@H]2O)[C@@](C)(OC/C=C/c2cnc3ccccc3c2)C[C@@H](C)C2=NCCN3C(=O)O[C@@]1(C)[C@H]3[C@@H]2C. The Morgan fingerprint density at radius 1 is 1.07 bits per heavy atom. The summed E-state index contributed by atoms with van der Waals surface area (Å²) in [5.74, 6) is -3.71. The van der Waals surface area contributed by atoms with Crippen molar-refractivity contribution in [2.24, 2.45) is 28.7 Å². The van der Waals surface area contributed by atoms with E-state index in [2.05, 4.69) is 24.9 Å². The van der Waals surface area contributed by atoms with E-state index in [1.54, 1.807) is 18.7 Å². The van der Waals surface area contributed by atoms with Crippen molar-refractivity contribution < 1.29 is 43.2 Å². The number of aliphatic hydroxyl groups is 1. The van der Waals surface area contributed by atoms with Gasteiger partial charge in [0.1, 0.15) is 18.1 Å². The van der Waals surface area contributed by atoms with Crippen LogP contribution in [0.1, 0.15) is 80.2 Å². The molecule has 2 bridgehead atoms. The molecule has 1 aromatic carbocycles. The number of hydrogen-bond donors (Lipinski definition) is 1. The maximum Gasteiger partial charge on any atom is 0.410 e. The zero-order valence-electron chi connectivity index (χ0n) is 35.2. The molecule has 0 radical (unpaired) electrons. The second kappa shape index (κ2) is 17.2. The minimum Gasteiger partial charge on any atom is -0.458 e. The lowest BCUT2D eigenvalue weighted by molar-refractivity contribution is -0.296. The van der Waals surface area contributed by atoms with Gasteiger partial charge in [-0.05, 0) is 84.7 Å². The number of pyridine rings is 1. The van der Waals surface area contributed by atoms with E-state index in [4.69, 9.17) is 28.7 Å². The molecule has 6 rings (SSSR count). The number of carbonyl (C=O) groups excluding carboxylic acids is 3. The zero-order valence-corrected chi connectivity index (χ0v) is 35.2. The zero-order chi connectivity index (χ0) is 41.4. The van der Waals surface area contributed by atoms with Crippen LogP contribution in [0.15, 0.2) is 47.6 Å². The molecule has 1 aromatic heterocycles. The monoisotopic (exact) mass is 790 g/mol. The van der Waals surface area contributed by atoms with Crippen molar-refractivity contribution in [2.45, 2.75) is 129 Å². The van der Waals surface area contributed by atoms with Crippen LogP contribution >= 0.6 is 0 Å². The molecule has 13 nitrogen and oxygen atoms in total. The van der Waals surface area contributed by atoms with Gasteiger partial charge in [0.25, 0.3) is 0 Å². The van der Waals surface area contributed by atoms with Crippen molar-refractivity contribution in [2.75, 3.05) is 33.8 Å². The van der Waals surface area contributed by atoms with Crippen LogP contribution in [-0.4, -0.2) is 131 Å². The third kappa shape index (κ3) is 8.55. The van der Waals surface area contributed by atoms with Crippen LogP contribution in [0.25, 0.3) is 17.0 Å². The lowest BCUT2D eigenvalue weighted by Crippen LogP contribution is -2.60. The molecule has 0 unspecified atom stereocenters. The highest BCUT2D eigenvalue weighted by Gasteiger charge is 2.60. The first kappa shape index (κ1) is 42.8. The summed E-state index contributed by atoms with van der Waals surface area (Å²) in [4.78, 5) is 55.4. The maximum atomic E-state index is 14.6. The van der Waals surface area contributed by atoms with Gasteiger partial charge >= 0.3 is 12.1 Å². The topological polar surface area (TPSA) is 149 Å². The lowest BCUT2D eigenvalue weighted by Gasteiger charge is -2.47. The smallest absolute Gasteiger partial charge is 0.410 e. The molecule has 0 spiro atoms. The summed E-state index contributed by atoms with van der Waals surface area (Å²) in [6.07, 6.45) is 2.35. The number of esters is 1. The van der Waals surface area contributed by atoms with E-state index in [1.807, 2.05) is 89.3 Å². The van der Waals surface area contributed by atoms with E-state index in [0.29, 0.717) is 32.4 Å². The number of benzene rings is 1. The molecule has 312 valence electrons. The molecule has 13 atom stereocenters. The van der Waals surface area contributed by atoms with Crippen molar-refractivity contribution in [1.29, 1.82) is 0 Å². The van der Waals surface area contributed by atoms with Crippen LogP contribution in [0.2, 0.25) is 0 Å². The second-order valence-corrected chi connectivity index (χ2v) is 17.3. The highest BCUT2D eigenvalue weighted by atomic mass is 16.7. The Morgan fingerprint density at radius 2 is 1.81 bits per heavy atom. The molecule has 1 amide bonds. The number of carbonyl (C=O) groups is 3. The fourth-order valence-electron chi connectivity index (χ4n) is 9.85. The van der Waals surface area contributed by atoms with Gasteiger partial charge in [0.05, 0.1) is 42.5 Å². The number of ketones is 1. The fourth-order valence-corrected chi connectivity index (χ4v) is 9.85. The van der Waals surface area contributed by atoms with Gasteiger partial charge in [-0.25, -0.2) is 4.79 Å². The highest BCUT2D eigenvalue weighted by Crippen LogP contribution is 2.44. The van der Waals surface area contributed by atoms with Crippen LogP contribution in [0.5, 0.6) is 0 Å². The number of hydrogen-bond acceptors (Lipinski definition) is 12. The van der Waals surface area contributed by atoms with Crippen LogP contribution < -0.4 is 0 Å². The predicted molar refractivity (Wildman–Crippen MR) is 217 cm³/mol. The molecule has 4 aliphatic rings. The summed E-state index contributed by atoms with van der Waals surface area (Å²) >= 11 is 0. The summed E-state index contributed by atoms with van der Waals surface area (Å²) in [7, 11) is 3.81. The number of aromatic nitrogens is 1. The van der Waals surface area contributed by atoms with Gasteiger partial charge in [0.15, 0.2) is 17.7 Å². The standard InChI is InChI=1S/C44H62N4O9/c1-11-34-44(8)38-27(4)35(45-18-19-48(38)42(52)57-44)25(2)23-43(7,53-20-14-15-30-22-31-16-12-13-17-32(31)46-24-30)39(28(5)36(49)29(6)40(51)55-34)56-41-37(50)33(47(9)10)21-26(3)54-41/h12-17,22,24-29,33-34,37-39,41,50H,11,18-21,23H2,1-10H3/b15-14+/t25-,26-,27-,28+,29-,33+,34+,37-,38-,39-,41+,43+,44-/m1/s1. The number of cyclic esters (lactones) is 1. The summed E-state index contributed by atoms with van der Waals surface area (Å²) < 4.78 is 32.4. The quantitative estimate of drug-likeness (QED) is 0.259. The Balaban J connectivity index is 1.42. The summed E-state index contributed by atoms with van der Waals surface area (Å²) in [6.45, 7) is 15.9.